The maximum absolute atomic E-state index is 13.9. The third-order valence-electron chi connectivity index (χ3n) is 6.83. The number of unbranched alkanes of at least 4 members (excludes halogenated alkanes) is 1. The van der Waals surface area contributed by atoms with Crippen molar-refractivity contribution in [1.29, 1.82) is 0 Å². The predicted molar refractivity (Wildman–Crippen MR) is 124 cm³/mol. The van der Waals surface area contributed by atoms with Gasteiger partial charge in [-0.15, -0.1) is 0 Å². The number of allylic oxidation sites excluding steroid dienone is 4. The predicted octanol–water partition coefficient (Wildman–Crippen LogP) is 6.11. The number of alkyl halides is 2. The summed E-state index contributed by atoms with van der Waals surface area (Å²) in [6, 6.07) is 0. The first kappa shape index (κ1) is 27.9. The number of aliphatic carboxylic acids is 1. The van der Waals surface area contributed by atoms with Crippen molar-refractivity contribution in [2.45, 2.75) is 109 Å². The van der Waals surface area contributed by atoms with Crippen molar-refractivity contribution in [2.75, 3.05) is 6.61 Å². The molecule has 1 saturated carbocycles. The number of aliphatic hydroxyl groups is 1. The summed E-state index contributed by atoms with van der Waals surface area (Å²) in [6.07, 6.45) is 11.4. The summed E-state index contributed by atoms with van der Waals surface area (Å²) in [6.45, 7) is 4.57. The zero-order valence-corrected chi connectivity index (χ0v) is 20.1. The van der Waals surface area contributed by atoms with Gasteiger partial charge in [-0.2, -0.15) is 0 Å². The van der Waals surface area contributed by atoms with Gasteiger partial charge in [0.2, 0.25) is 0 Å². The van der Waals surface area contributed by atoms with E-state index in [-0.39, 0.29) is 30.6 Å². The van der Waals surface area contributed by atoms with E-state index in [4.69, 9.17) is 9.47 Å². The normalized spacial score (nSPS) is 29.8. The molecule has 7 heteroatoms. The summed E-state index contributed by atoms with van der Waals surface area (Å²) >= 11 is 0. The number of aliphatic hydroxyl groups excluding tert-OH is 1. The minimum atomic E-state index is -2.67. The average Bonchev–Trinajstić information content (AvgIpc) is 3.04. The van der Waals surface area contributed by atoms with Crippen molar-refractivity contribution in [3.63, 3.8) is 0 Å². The van der Waals surface area contributed by atoms with Crippen molar-refractivity contribution < 1.29 is 33.3 Å². The maximum Gasteiger partial charge on any atom is 0.332 e. The molecule has 1 saturated heterocycles. The Balaban J connectivity index is 1.81. The second-order valence-electron chi connectivity index (χ2n) is 9.66. The Kier molecular flexibility index (Phi) is 12.0. The highest BCUT2D eigenvalue weighted by atomic mass is 19.3. The van der Waals surface area contributed by atoms with Crippen LogP contribution in [0.15, 0.2) is 24.3 Å². The van der Waals surface area contributed by atoms with Crippen LogP contribution in [0.1, 0.15) is 84.5 Å². The molecular formula is C26H42F2O5. The van der Waals surface area contributed by atoms with Crippen LogP contribution in [0.5, 0.6) is 0 Å². The van der Waals surface area contributed by atoms with Crippen molar-refractivity contribution in [2.24, 2.45) is 17.8 Å². The third kappa shape index (κ3) is 9.83. The minimum absolute atomic E-state index is 0.0149. The number of carbonyl (C=O) groups is 1. The number of halogens is 2. The molecule has 2 N–H and O–H groups in total. The molecule has 1 aliphatic heterocycles. The van der Waals surface area contributed by atoms with Gasteiger partial charge in [0.05, 0.1) is 6.10 Å². The lowest BCUT2D eigenvalue weighted by atomic mass is 9.86. The molecule has 1 heterocycles. The zero-order valence-electron chi connectivity index (χ0n) is 20.1. The molecule has 0 aromatic carbocycles. The Bertz CT molecular complexity index is 630. The van der Waals surface area contributed by atoms with Gasteiger partial charge in [0.1, 0.15) is 0 Å². The van der Waals surface area contributed by atoms with E-state index in [2.05, 4.69) is 6.92 Å². The Morgan fingerprint density at radius 3 is 2.73 bits per heavy atom. The van der Waals surface area contributed by atoms with Crippen LogP contribution in [0.4, 0.5) is 8.78 Å². The molecule has 1 unspecified atom stereocenters. The van der Waals surface area contributed by atoms with Gasteiger partial charge in [0, 0.05) is 19.4 Å². The fraction of sp³-hybridized carbons (Fsp3) is 0.808. The van der Waals surface area contributed by atoms with E-state index in [0.29, 0.717) is 38.7 Å². The lowest BCUT2D eigenvalue weighted by Crippen LogP contribution is -2.32. The molecule has 6 atom stereocenters. The van der Waals surface area contributed by atoms with E-state index in [1.54, 1.807) is 6.08 Å². The molecular weight excluding hydrogens is 430 g/mol. The minimum Gasteiger partial charge on any atom is -0.479 e. The monoisotopic (exact) mass is 472 g/mol. The van der Waals surface area contributed by atoms with E-state index in [0.717, 1.165) is 25.7 Å². The summed E-state index contributed by atoms with van der Waals surface area (Å²) in [5.41, 5.74) is 0. The van der Waals surface area contributed by atoms with E-state index < -0.39 is 30.4 Å². The quantitative estimate of drug-likeness (QED) is 0.298. The van der Waals surface area contributed by atoms with E-state index in [1.807, 2.05) is 25.2 Å². The fourth-order valence-corrected chi connectivity index (χ4v) is 4.84. The molecule has 0 radical (unpaired) electrons. The summed E-state index contributed by atoms with van der Waals surface area (Å²) < 4.78 is 39.0. The van der Waals surface area contributed by atoms with Gasteiger partial charge in [-0.05, 0) is 69.1 Å². The SMILES string of the molecule is CCCCC(F)(F)CC=C[C@@H]1[C@@H](CC=CCCC(O[C@@H]2CCCCO2)C(=O)O)[C@@H](O)C[C@H]1C. The number of hydrogen-bond acceptors (Lipinski definition) is 4. The maximum atomic E-state index is 13.9. The van der Waals surface area contributed by atoms with Crippen LogP contribution < -0.4 is 0 Å². The van der Waals surface area contributed by atoms with Gasteiger partial charge < -0.3 is 19.7 Å². The van der Waals surface area contributed by atoms with Gasteiger partial charge in [0.15, 0.2) is 12.4 Å². The lowest BCUT2D eigenvalue weighted by molar-refractivity contribution is -0.201. The molecule has 0 amide bonds. The number of ether oxygens (including phenoxy) is 2. The first-order valence-corrected chi connectivity index (χ1v) is 12.6. The average molecular weight is 473 g/mol. The molecule has 190 valence electrons. The van der Waals surface area contributed by atoms with Crippen LogP contribution in [0.25, 0.3) is 0 Å². The number of hydrogen-bond donors (Lipinski definition) is 2. The van der Waals surface area contributed by atoms with Crippen LogP contribution in [0.2, 0.25) is 0 Å². The lowest BCUT2D eigenvalue weighted by Gasteiger charge is -2.25. The molecule has 2 aliphatic rings. The molecule has 33 heavy (non-hydrogen) atoms. The van der Waals surface area contributed by atoms with Gasteiger partial charge in [-0.25, -0.2) is 13.6 Å². The smallest absolute Gasteiger partial charge is 0.332 e. The number of carboxylic acid groups (broad SMARTS) is 1. The largest absolute Gasteiger partial charge is 0.479 e. The molecule has 2 rings (SSSR count). The first-order valence-electron chi connectivity index (χ1n) is 12.6. The van der Waals surface area contributed by atoms with Gasteiger partial charge in [-0.1, -0.05) is 44.6 Å². The third-order valence-corrected chi connectivity index (χ3v) is 6.83. The molecule has 0 bridgehead atoms. The highest BCUT2D eigenvalue weighted by Gasteiger charge is 2.38. The summed E-state index contributed by atoms with van der Waals surface area (Å²) in [7, 11) is 0. The van der Waals surface area contributed by atoms with Crippen LogP contribution >= 0.6 is 0 Å². The van der Waals surface area contributed by atoms with E-state index in [1.165, 1.54) is 0 Å². The second kappa shape index (κ2) is 14.2. The standard InChI is InChI=1S/C26H42F2O5/c1-3-4-15-26(27,28)16-10-12-20-19(2)18-22(29)21(20)11-6-5-7-13-23(25(30)31)33-24-14-8-9-17-32-24/h5-6,10,12,19-24,29H,3-4,7-9,11,13-18H2,1-2H3,(H,30,31)/t19-,20+,21-,22+,23?,24-/m1/s1. The Morgan fingerprint density at radius 1 is 1.27 bits per heavy atom. The van der Waals surface area contributed by atoms with Gasteiger partial charge >= 0.3 is 5.97 Å². The van der Waals surface area contributed by atoms with Gasteiger partial charge in [-0.3, -0.25) is 0 Å². The highest BCUT2D eigenvalue weighted by molar-refractivity contribution is 5.72. The van der Waals surface area contributed by atoms with Crippen molar-refractivity contribution in [3.8, 4) is 0 Å². The van der Waals surface area contributed by atoms with Crippen molar-refractivity contribution >= 4 is 5.97 Å². The molecule has 0 aromatic heterocycles. The Hall–Kier alpha value is -1.31. The summed E-state index contributed by atoms with van der Waals surface area (Å²) in [4.78, 5) is 11.5. The van der Waals surface area contributed by atoms with Gasteiger partial charge in [0.25, 0.3) is 5.92 Å². The fourth-order valence-electron chi connectivity index (χ4n) is 4.84. The van der Waals surface area contributed by atoms with E-state index >= 15 is 0 Å². The highest BCUT2D eigenvalue weighted by Crippen LogP contribution is 2.40. The zero-order chi connectivity index (χ0) is 24.3. The van der Waals surface area contributed by atoms with E-state index in [9.17, 15) is 23.8 Å². The van der Waals surface area contributed by atoms with Crippen LogP contribution in [0, 0.1) is 17.8 Å². The molecule has 5 nitrogen and oxygen atoms in total. The molecule has 1 aliphatic carbocycles. The molecule has 2 fully saturated rings. The van der Waals surface area contributed by atoms with Crippen LogP contribution in [-0.4, -0.2) is 47.2 Å². The number of rotatable bonds is 14. The first-order chi connectivity index (χ1) is 15.7. The van der Waals surface area contributed by atoms with Crippen molar-refractivity contribution in [3.05, 3.63) is 24.3 Å². The second-order valence-corrected chi connectivity index (χ2v) is 9.66. The Morgan fingerprint density at radius 2 is 2.06 bits per heavy atom. The van der Waals surface area contributed by atoms with Crippen LogP contribution in [0.3, 0.4) is 0 Å². The topological polar surface area (TPSA) is 76.0 Å². The van der Waals surface area contributed by atoms with Crippen molar-refractivity contribution in [1.82, 2.24) is 0 Å². The summed E-state index contributed by atoms with van der Waals surface area (Å²) in [5, 5.41) is 19.9. The number of carboxylic acids is 1. The molecule has 0 aromatic rings. The van der Waals surface area contributed by atoms with Crippen LogP contribution in [-0.2, 0) is 14.3 Å². The molecule has 0 spiro atoms. The summed E-state index contributed by atoms with van der Waals surface area (Å²) in [5.74, 6) is -3.38. The Labute approximate surface area is 197 Å².